The normalized spacial score (nSPS) is 20.7. The van der Waals surface area contributed by atoms with E-state index in [1.165, 1.54) is 17.1 Å². The van der Waals surface area contributed by atoms with E-state index in [4.69, 9.17) is 4.52 Å². The molecule has 30 heavy (non-hydrogen) atoms. The van der Waals surface area contributed by atoms with Crippen LogP contribution in [-0.4, -0.2) is 38.4 Å². The first kappa shape index (κ1) is 18.4. The predicted octanol–water partition coefficient (Wildman–Crippen LogP) is 2.79. The minimum atomic E-state index is -0.406. The predicted molar refractivity (Wildman–Crippen MR) is 106 cm³/mol. The summed E-state index contributed by atoms with van der Waals surface area (Å²) < 4.78 is 18.5. The van der Waals surface area contributed by atoms with Crippen LogP contribution in [0.2, 0.25) is 0 Å². The van der Waals surface area contributed by atoms with Crippen molar-refractivity contribution in [2.24, 2.45) is 5.10 Å². The number of nitrogens with one attached hydrogen (secondary N) is 1. The summed E-state index contributed by atoms with van der Waals surface area (Å²) in [6.07, 6.45) is 2.12. The molecule has 2 atom stereocenters. The summed E-state index contributed by atoms with van der Waals surface area (Å²) in [6, 6.07) is 13.6. The van der Waals surface area contributed by atoms with Crippen molar-refractivity contribution in [1.82, 2.24) is 25.6 Å². The molecule has 152 valence electrons. The lowest BCUT2D eigenvalue weighted by Crippen LogP contribution is -2.50. The molecule has 2 unspecified atom stereocenters. The molecule has 0 saturated carbocycles. The van der Waals surface area contributed by atoms with Gasteiger partial charge < -0.3 is 4.52 Å². The number of hydrazine groups is 1. The summed E-state index contributed by atoms with van der Waals surface area (Å²) in [5.41, 5.74) is 6.14. The van der Waals surface area contributed by atoms with Crippen molar-refractivity contribution in [2.75, 3.05) is 0 Å². The maximum atomic E-state index is 13.2. The van der Waals surface area contributed by atoms with Gasteiger partial charge in [0.05, 0.1) is 6.04 Å². The fourth-order valence-electron chi connectivity index (χ4n) is 3.63. The third-order valence-electron chi connectivity index (χ3n) is 5.29. The maximum absolute atomic E-state index is 13.2. The first-order chi connectivity index (χ1) is 14.6. The molecular weight excluding hydrogens is 387 g/mol. The molecule has 1 aromatic heterocycles. The van der Waals surface area contributed by atoms with Crippen molar-refractivity contribution in [3.63, 3.8) is 0 Å². The molecule has 1 amide bonds. The van der Waals surface area contributed by atoms with Gasteiger partial charge in [0.1, 0.15) is 24.7 Å². The summed E-state index contributed by atoms with van der Waals surface area (Å²) in [7, 11) is 0. The largest absolute Gasteiger partial charge is 0.337 e. The topological polar surface area (TPSA) is 86.9 Å². The van der Waals surface area contributed by atoms with E-state index >= 15 is 0 Å². The van der Waals surface area contributed by atoms with Crippen molar-refractivity contribution in [2.45, 2.75) is 32.0 Å². The van der Waals surface area contributed by atoms with E-state index in [1.54, 1.807) is 23.5 Å². The van der Waals surface area contributed by atoms with Gasteiger partial charge in [-0.25, -0.2) is 14.8 Å². The number of hydrazone groups is 1. The van der Waals surface area contributed by atoms with E-state index in [0.29, 0.717) is 18.1 Å². The Morgan fingerprint density at radius 2 is 1.93 bits per heavy atom. The number of rotatable bonds is 4. The highest BCUT2D eigenvalue weighted by atomic mass is 19.1. The zero-order valence-electron chi connectivity index (χ0n) is 16.2. The van der Waals surface area contributed by atoms with Gasteiger partial charge in [-0.1, -0.05) is 47.1 Å². The summed E-state index contributed by atoms with van der Waals surface area (Å²) in [4.78, 5) is 17.3. The molecule has 2 aromatic carbocycles. The molecule has 0 spiro atoms. The Morgan fingerprint density at radius 3 is 2.70 bits per heavy atom. The molecule has 3 heterocycles. The van der Waals surface area contributed by atoms with Crippen LogP contribution < -0.4 is 5.43 Å². The van der Waals surface area contributed by atoms with Gasteiger partial charge in [0.15, 0.2) is 0 Å². The Kier molecular flexibility index (Phi) is 4.51. The third kappa shape index (κ3) is 3.43. The Labute approximate surface area is 172 Å². The number of nitrogens with zero attached hydrogens (tertiary/aromatic N) is 5. The second-order valence-corrected chi connectivity index (χ2v) is 7.40. The number of aromatic nitrogens is 2. The Hall–Kier alpha value is -3.59. The number of fused-ring (bicyclic) bond motifs is 1. The Bertz CT molecular complexity index is 1100. The lowest BCUT2D eigenvalue weighted by molar-refractivity contribution is -0.137. The van der Waals surface area contributed by atoms with E-state index in [2.05, 4.69) is 20.7 Å². The van der Waals surface area contributed by atoms with Crippen LogP contribution in [-0.2, 0) is 11.3 Å². The SMILES string of the molecule is Cc1ccc(-c2noc(CN3N=CN4NC(c5ccc(F)cc5)CC4C3=O)n2)cc1. The van der Waals surface area contributed by atoms with Gasteiger partial charge in [-0.2, -0.15) is 10.1 Å². The Morgan fingerprint density at radius 1 is 1.17 bits per heavy atom. The monoisotopic (exact) mass is 406 g/mol. The fourth-order valence-corrected chi connectivity index (χ4v) is 3.63. The number of halogens is 1. The molecule has 5 rings (SSSR count). The van der Waals surface area contributed by atoms with Gasteiger partial charge in [0.2, 0.25) is 11.7 Å². The quantitative estimate of drug-likeness (QED) is 0.717. The summed E-state index contributed by atoms with van der Waals surface area (Å²) >= 11 is 0. The molecule has 9 heteroatoms. The third-order valence-corrected chi connectivity index (χ3v) is 5.29. The summed E-state index contributed by atoms with van der Waals surface area (Å²) in [6.45, 7) is 2.10. The molecule has 8 nitrogen and oxygen atoms in total. The van der Waals surface area contributed by atoms with Crippen LogP contribution in [0.15, 0.2) is 58.2 Å². The van der Waals surface area contributed by atoms with Gasteiger partial charge in [0, 0.05) is 5.56 Å². The van der Waals surface area contributed by atoms with E-state index in [9.17, 15) is 9.18 Å². The Balaban J connectivity index is 1.28. The first-order valence-electron chi connectivity index (χ1n) is 9.62. The van der Waals surface area contributed by atoms with E-state index in [0.717, 1.165) is 16.7 Å². The highest BCUT2D eigenvalue weighted by molar-refractivity contribution is 5.87. The highest BCUT2D eigenvalue weighted by Gasteiger charge is 2.41. The minimum absolute atomic E-state index is 0.0949. The van der Waals surface area contributed by atoms with Gasteiger partial charge in [0.25, 0.3) is 5.91 Å². The van der Waals surface area contributed by atoms with Crippen LogP contribution in [0.25, 0.3) is 11.4 Å². The number of carbonyl (C=O) groups excluding carboxylic acids is 1. The molecule has 1 saturated heterocycles. The zero-order chi connectivity index (χ0) is 20.7. The number of carbonyl (C=O) groups is 1. The molecule has 0 aliphatic carbocycles. The second kappa shape index (κ2) is 7.34. The van der Waals surface area contributed by atoms with Crippen LogP contribution in [0.4, 0.5) is 4.39 Å². The van der Waals surface area contributed by atoms with E-state index in [-0.39, 0.29) is 24.3 Å². The summed E-state index contributed by atoms with van der Waals surface area (Å²) in [5.74, 6) is 0.331. The van der Waals surface area contributed by atoms with Crippen LogP contribution >= 0.6 is 0 Å². The number of aryl methyl sites for hydroxylation is 1. The molecule has 3 aromatic rings. The molecule has 1 N–H and O–H groups in total. The summed E-state index contributed by atoms with van der Waals surface area (Å²) in [5, 5.41) is 11.2. The number of benzene rings is 2. The average molecular weight is 406 g/mol. The van der Waals surface area contributed by atoms with Gasteiger partial charge >= 0.3 is 0 Å². The van der Waals surface area contributed by atoms with Crippen LogP contribution in [0.5, 0.6) is 0 Å². The lowest BCUT2D eigenvalue weighted by Gasteiger charge is -2.29. The number of amides is 1. The maximum Gasteiger partial charge on any atom is 0.267 e. The van der Waals surface area contributed by atoms with Gasteiger partial charge in [-0.3, -0.25) is 9.80 Å². The first-order valence-corrected chi connectivity index (χ1v) is 9.62. The molecule has 2 aliphatic heterocycles. The molecule has 2 aliphatic rings. The minimum Gasteiger partial charge on any atom is -0.337 e. The van der Waals surface area contributed by atoms with Crippen molar-refractivity contribution in [1.29, 1.82) is 0 Å². The molecule has 0 bridgehead atoms. The molecule has 0 radical (unpaired) electrons. The average Bonchev–Trinajstić information content (AvgIpc) is 3.39. The molecule has 1 fully saturated rings. The fraction of sp³-hybridized carbons (Fsp3) is 0.238. The van der Waals surface area contributed by atoms with Crippen molar-refractivity contribution >= 4 is 12.2 Å². The van der Waals surface area contributed by atoms with Crippen molar-refractivity contribution < 1.29 is 13.7 Å². The van der Waals surface area contributed by atoms with Crippen LogP contribution in [0.1, 0.15) is 29.5 Å². The molecular formula is C21H19FN6O2. The van der Waals surface area contributed by atoms with E-state index < -0.39 is 6.04 Å². The van der Waals surface area contributed by atoms with Gasteiger partial charge in [-0.05, 0) is 31.0 Å². The highest BCUT2D eigenvalue weighted by Crippen LogP contribution is 2.30. The standard InChI is InChI=1S/C21H19FN6O2/c1-13-2-4-15(5-3-13)20-24-19(30-26-20)11-27-21(29)18-10-17(25-28(18)12-23-27)14-6-8-16(22)9-7-14/h2-9,12,17-18,25H,10-11H2,1H3. The van der Waals surface area contributed by atoms with Crippen LogP contribution in [0.3, 0.4) is 0 Å². The van der Waals surface area contributed by atoms with Crippen molar-refractivity contribution in [3.8, 4) is 11.4 Å². The van der Waals surface area contributed by atoms with Gasteiger partial charge in [-0.15, -0.1) is 0 Å². The van der Waals surface area contributed by atoms with Crippen LogP contribution in [0, 0.1) is 12.7 Å². The second-order valence-electron chi connectivity index (χ2n) is 7.40. The lowest BCUT2D eigenvalue weighted by atomic mass is 10.0. The zero-order valence-corrected chi connectivity index (χ0v) is 16.2. The smallest absolute Gasteiger partial charge is 0.267 e. The van der Waals surface area contributed by atoms with E-state index in [1.807, 2.05) is 31.2 Å². The number of hydrogen-bond donors (Lipinski definition) is 1. The number of hydrogen-bond acceptors (Lipinski definition) is 7. The van der Waals surface area contributed by atoms with Crippen molar-refractivity contribution in [3.05, 3.63) is 71.4 Å².